The maximum Gasteiger partial charge on any atom is 0.311 e. The standard InChI is InChI=1S/C17H18N2O5/c1-18(10-11-24-14-6-4-3-5-7-14)17(20)13-8-9-16(23-2)15(12-13)19(21)22/h3-9,12H,10-11H2,1-2H3. The molecule has 0 radical (unpaired) electrons. The molecule has 0 aliphatic rings. The summed E-state index contributed by atoms with van der Waals surface area (Å²) in [5, 5.41) is 11.0. The topological polar surface area (TPSA) is 81.9 Å². The largest absolute Gasteiger partial charge is 0.492 e. The van der Waals surface area contributed by atoms with Crippen LogP contribution >= 0.6 is 0 Å². The third-order valence-electron chi connectivity index (χ3n) is 3.41. The molecule has 1 amide bonds. The molecule has 0 spiro atoms. The number of methoxy groups -OCH3 is 1. The monoisotopic (exact) mass is 330 g/mol. The Labute approximate surface area is 139 Å². The first-order chi connectivity index (χ1) is 11.5. The van der Waals surface area contributed by atoms with Gasteiger partial charge in [-0.1, -0.05) is 18.2 Å². The van der Waals surface area contributed by atoms with E-state index in [0.717, 1.165) is 5.75 Å². The molecule has 0 N–H and O–H groups in total. The van der Waals surface area contributed by atoms with Crippen molar-refractivity contribution in [3.63, 3.8) is 0 Å². The van der Waals surface area contributed by atoms with Gasteiger partial charge in [0.2, 0.25) is 0 Å². The van der Waals surface area contributed by atoms with Crippen molar-refractivity contribution in [2.75, 3.05) is 27.3 Å². The van der Waals surface area contributed by atoms with Crippen molar-refractivity contribution < 1.29 is 19.2 Å². The van der Waals surface area contributed by atoms with E-state index in [1.54, 1.807) is 7.05 Å². The lowest BCUT2D eigenvalue weighted by Gasteiger charge is -2.17. The number of carbonyl (C=O) groups is 1. The van der Waals surface area contributed by atoms with Crippen LogP contribution in [0.2, 0.25) is 0 Å². The molecule has 7 heteroatoms. The van der Waals surface area contributed by atoms with Crippen LogP contribution in [0.5, 0.6) is 11.5 Å². The van der Waals surface area contributed by atoms with Crippen molar-refractivity contribution in [1.29, 1.82) is 0 Å². The highest BCUT2D eigenvalue weighted by Gasteiger charge is 2.20. The molecule has 0 unspecified atom stereocenters. The van der Waals surface area contributed by atoms with Gasteiger partial charge < -0.3 is 14.4 Å². The fraction of sp³-hybridized carbons (Fsp3) is 0.235. The third kappa shape index (κ3) is 4.22. The number of rotatable bonds is 7. The number of benzene rings is 2. The third-order valence-corrected chi connectivity index (χ3v) is 3.41. The lowest BCUT2D eigenvalue weighted by atomic mass is 10.1. The first kappa shape index (κ1) is 17.3. The van der Waals surface area contributed by atoms with Crippen LogP contribution in [-0.4, -0.2) is 43.0 Å². The van der Waals surface area contributed by atoms with Gasteiger partial charge in [-0.2, -0.15) is 0 Å². The van der Waals surface area contributed by atoms with E-state index in [-0.39, 0.29) is 22.9 Å². The molecule has 0 bridgehead atoms. The van der Waals surface area contributed by atoms with E-state index in [1.807, 2.05) is 30.3 Å². The molecular weight excluding hydrogens is 312 g/mol. The summed E-state index contributed by atoms with van der Waals surface area (Å²) in [4.78, 5) is 24.3. The van der Waals surface area contributed by atoms with Gasteiger partial charge in [0.25, 0.3) is 5.91 Å². The quantitative estimate of drug-likeness (QED) is 0.576. The second kappa shape index (κ2) is 7.96. The van der Waals surface area contributed by atoms with Crippen LogP contribution in [0.4, 0.5) is 5.69 Å². The van der Waals surface area contributed by atoms with E-state index in [9.17, 15) is 14.9 Å². The summed E-state index contributed by atoms with van der Waals surface area (Å²) in [7, 11) is 2.96. The van der Waals surface area contributed by atoms with Crippen LogP contribution < -0.4 is 9.47 Å². The molecule has 2 aromatic rings. The first-order valence-corrected chi connectivity index (χ1v) is 7.28. The fourth-order valence-electron chi connectivity index (χ4n) is 2.10. The first-order valence-electron chi connectivity index (χ1n) is 7.28. The van der Waals surface area contributed by atoms with E-state index in [4.69, 9.17) is 9.47 Å². The Hall–Kier alpha value is -3.09. The molecule has 0 fully saturated rings. The summed E-state index contributed by atoms with van der Waals surface area (Å²) in [5.41, 5.74) is -0.0120. The molecule has 2 rings (SSSR count). The summed E-state index contributed by atoms with van der Waals surface area (Å²) in [6.45, 7) is 0.679. The molecule has 0 aromatic heterocycles. The zero-order chi connectivity index (χ0) is 17.5. The minimum atomic E-state index is -0.575. The van der Waals surface area contributed by atoms with Gasteiger partial charge in [0, 0.05) is 18.7 Å². The highest BCUT2D eigenvalue weighted by Crippen LogP contribution is 2.27. The van der Waals surface area contributed by atoms with Crippen LogP contribution in [0.25, 0.3) is 0 Å². The van der Waals surface area contributed by atoms with Crippen molar-refractivity contribution in [3.8, 4) is 11.5 Å². The summed E-state index contributed by atoms with van der Waals surface area (Å²) >= 11 is 0. The van der Waals surface area contributed by atoms with E-state index in [2.05, 4.69) is 0 Å². The Bertz CT molecular complexity index is 718. The molecule has 0 atom stereocenters. The molecule has 126 valence electrons. The molecule has 24 heavy (non-hydrogen) atoms. The van der Waals surface area contributed by atoms with Gasteiger partial charge in [-0.05, 0) is 24.3 Å². The SMILES string of the molecule is COc1ccc(C(=O)N(C)CCOc2ccccc2)cc1[N+](=O)[O-]. The number of nitrogens with zero attached hydrogens (tertiary/aromatic N) is 2. The fourth-order valence-corrected chi connectivity index (χ4v) is 2.10. The Morgan fingerprint density at radius 2 is 1.92 bits per heavy atom. The maximum absolute atomic E-state index is 12.4. The van der Waals surface area contributed by atoms with Gasteiger partial charge in [-0.25, -0.2) is 0 Å². The van der Waals surface area contributed by atoms with Crippen LogP contribution in [-0.2, 0) is 0 Å². The number of hydrogen-bond acceptors (Lipinski definition) is 5. The molecule has 7 nitrogen and oxygen atoms in total. The molecule has 0 heterocycles. The molecule has 0 aliphatic heterocycles. The molecular formula is C17H18N2O5. The van der Waals surface area contributed by atoms with Crippen LogP contribution in [0.3, 0.4) is 0 Å². The summed E-state index contributed by atoms with van der Waals surface area (Å²) in [6, 6.07) is 13.4. The number of nitro benzene ring substituents is 1. The number of carbonyl (C=O) groups excluding carboxylic acids is 1. The van der Waals surface area contributed by atoms with Gasteiger partial charge in [0.05, 0.1) is 18.6 Å². The Kier molecular flexibility index (Phi) is 5.73. The summed E-state index contributed by atoms with van der Waals surface area (Å²) in [5.74, 6) is 0.516. The Balaban J connectivity index is 2.00. The molecule has 2 aromatic carbocycles. The van der Waals surface area contributed by atoms with Crippen molar-refractivity contribution in [2.45, 2.75) is 0 Å². The second-order valence-corrected chi connectivity index (χ2v) is 5.03. The Morgan fingerprint density at radius 3 is 2.54 bits per heavy atom. The van der Waals surface area contributed by atoms with Gasteiger partial charge in [0.1, 0.15) is 12.4 Å². The summed E-state index contributed by atoms with van der Waals surface area (Å²) < 4.78 is 10.5. The Morgan fingerprint density at radius 1 is 1.21 bits per heavy atom. The lowest BCUT2D eigenvalue weighted by Crippen LogP contribution is -2.30. The molecule has 0 saturated carbocycles. The van der Waals surface area contributed by atoms with E-state index in [1.165, 1.54) is 30.2 Å². The smallest absolute Gasteiger partial charge is 0.311 e. The van der Waals surface area contributed by atoms with Crippen molar-refractivity contribution >= 4 is 11.6 Å². The van der Waals surface area contributed by atoms with E-state index in [0.29, 0.717) is 13.2 Å². The predicted octanol–water partition coefficient (Wildman–Crippen LogP) is 2.75. The van der Waals surface area contributed by atoms with Gasteiger partial charge in [0.15, 0.2) is 5.75 Å². The minimum absolute atomic E-state index is 0.117. The average molecular weight is 330 g/mol. The number of likely N-dealkylation sites (N-methyl/N-ethyl adjacent to an activating group) is 1. The summed E-state index contributed by atoms with van der Waals surface area (Å²) in [6.07, 6.45) is 0. The average Bonchev–Trinajstić information content (AvgIpc) is 2.61. The van der Waals surface area contributed by atoms with Gasteiger partial charge >= 0.3 is 5.69 Å². The zero-order valence-corrected chi connectivity index (χ0v) is 13.5. The van der Waals surface area contributed by atoms with Crippen molar-refractivity contribution in [3.05, 3.63) is 64.2 Å². The van der Waals surface area contributed by atoms with E-state index >= 15 is 0 Å². The number of hydrogen-bond donors (Lipinski definition) is 0. The lowest BCUT2D eigenvalue weighted by molar-refractivity contribution is -0.385. The van der Waals surface area contributed by atoms with Crippen LogP contribution in [0, 0.1) is 10.1 Å². The number of ether oxygens (including phenoxy) is 2. The second-order valence-electron chi connectivity index (χ2n) is 5.03. The van der Waals surface area contributed by atoms with E-state index < -0.39 is 4.92 Å². The minimum Gasteiger partial charge on any atom is -0.492 e. The van der Waals surface area contributed by atoms with Gasteiger partial charge in [-0.15, -0.1) is 0 Å². The van der Waals surface area contributed by atoms with Crippen molar-refractivity contribution in [1.82, 2.24) is 4.90 Å². The van der Waals surface area contributed by atoms with Gasteiger partial charge in [-0.3, -0.25) is 14.9 Å². The molecule has 0 saturated heterocycles. The maximum atomic E-state index is 12.4. The van der Waals surface area contributed by atoms with Crippen LogP contribution in [0.1, 0.15) is 10.4 Å². The normalized spacial score (nSPS) is 10.1. The van der Waals surface area contributed by atoms with Crippen molar-refractivity contribution in [2.24, 2.45) is 0 Å². The number of nitro groups is 1. The predicted molar refractivity (Wildman–Crippen MR) is 88.5 cm³/mol. The van der Waals surface area contributed by atoms with Crippen LogP contribution in [0.15, 0.2) is 48.5 Å². The highest BCUT2D eigenvalue weighted by molar-refractivity contribution is 5.95. The number of amides is 1. The highest BCUT2D eigenvalue weighted by atomic mass is 16.6. The molecule has 0 aliphatic carbocycles. The zero-order valence-electron chi connectivity index (χ0n) is 13.5. The number of para-hydroxylation sites is 1.